The summed E-state index contributed by atoms with van der Waals surface area (Å²) >= 11 is 0. The molecular weight excluding hydrogens is 272 g/mol. The minimum atomic E-state index is -0.527. The van der Waals surface area contributed by atoms with Crippen LogP contribution in [0.1, 0.15) is 40.0 Å². The molecule has 0 aromatic rings. The highest BCUT2D eigenvalue weighted by Gasteiger charge is 2.27. The smallest absolute Gasteiger partial charge is 0.330 e. The van der Waals surface area contributed by atoms with Crippen LogP contribution >= 0.6 is 0 Å². The number of hydroxylamine groups is 2. The van der Waals surface area contributed by atoms with Gasteiger partial charge in [-0.15, -0.1) is 5.06 Å². The van der Waals surface area contributed by atoms with E-state index in [0.29, 0.717) is 25.9 Å². The summed E-state index contributed by atoms with van der Waals surface area (Å²) in [6.45, 7) is 6.68. The van der Waals surface area contributed by atoms with Crippen LogP contribution in [0.4, 0.5) is 0 Å². The van der Waals surface area contributed by atoms with E-state index in [-0.39, 0.29) is 19.0 Å². The number of hydrogen-bond acceptors (Lipinski definition) is 6. The maximum absolute atomic E-state index is 11.8. The van der Waals surface area contributed by atoms with Gasteiger partial charge in [0.15, 0.2) is 0 Å². The van der Waals surface area contributed by atoms with E-state index in [9.17, 15) is 9.59 Å². The molecule has 0 aliphatic carbocycles. The molecule has 1 heterocycles. The van der Waals surface area contributed by atoms with Crippen LogP contribution in [0.2, 0.25) is 0 Å². The first-order valence-corrected chi connectivity index (χ1v) is 7.03. The molecule has 0 N–H and O–H groups in total. The number of carbonyl (C=O) groups excluding carboxylic acids is 2. The molecule has 6 nitrogen and oxygen atoms in total. The van der Waals surface area contributed by atoms with E-state index in [0.717, 1.165) is 5.57 Å². The van der Waals surface area contributed by atoms with Crippen LogP contribution in [-0.4, -0.2) is 36.7 Å². The van der Waals surface area contributed by atoms with E-state index in [2.05, 4.69) is 0 Å². The molecule has 0 unspecified atom stereocenters. The Morgan fingerprint density at radius 1 is 1.33 bits per heavy atom. The Morgan fingerprint density at radius 3 is 2.48 bits per heavy atom. The largest absolute Gasteiger partial charge is 0.461 e. The molecule has 0 aromatic carbocycles. The van der Waals surface area contributed by atoms with Crippen LogP contribution < -0.4 is 0 Å². The van der Waals surface area contributed by atoms with E-state index in [1.54, 1.807) is 5.06 Å². The Kier molecular flexibility index (Phi) is 6.38. The second kappa shape index (κ2) is 7.79. The van der Waals surface area contributed by atoms with Crippen molar-refractivity contribution in [1.29, 1.82) is 5.26 Å². The van der Waals surface area contributed by atoms with Crippen molar-refractivity contribution in [2.45, 2.75) is 40.0 Å². The molecule has 6 heteroatoms. The Balaban J connectivity index is 2.37. The number of esters is 1. The predicted molar refractivity (Wildman–Crippen MR) is 75.6 cm³/mol. The van der Waals surface area contributed by atoms with Crippen molar-refractivity contribution in [3.63, 3.8) is 0 Å². The van der Waals surface area contributed by atoms with E-state index < -0.39 is 11.4 Å². The van der Waals surface area contributed by atoms with Gasteiger partial charge < -0.3 is 9.57 Å². The molecule has 0 aromatic heterocycles. The highest BCUT2D eigenvalue weighted by Crippen LogP contribution is 2.20. The molecular formula is C15H22N2O4. The van der Waals surface area contributed by atoms with Gasteiger partial charge in [-0.25, -0.2) is 9.59 Å². The molecule has 0 bridgehead atoms. The first kappa shape index (κ1) is 17.2. The summed E-state index contributed by atoms with van der Waals surface area (Å²) in [4.78, 5) is 28.5. The van der Waals surface area contributed by atoms with Gasteiger partial charge in [-0.2, -0.15) is 5.26 Å². The molecule has 1 aliphatic rings. The van der Waals surface area contributed by atoms with Crippen molar-refractivity contribution in [2.24, 2.45) is 5.41 Å². The zero-order valence-electron chi connectivity index (χ0n) is 12.8. The summed E-state index contributed by atoms with van der Waals surface area (Å²) in [5.74, 6) is -0.675. The maximum Gasteiger partial charge on any atom is 0.330 e. The molecule has 1 saturated heterocycles. The average Bonchev–Trinajstić information content (AvgIpc) is 2.40. The Morgan fingerprint density at radius 2 is 1.95 bits per heavy atom. The normalized spacial score (nSPS) is 16.0. The molecule has 0 atom stereocenters. The number of nitriles is 1. The molecule has 0 saturated carbocycles. The third-order valence-electron chi connectivity index (χ3n) is 2.97. The molecule has 21 heavy (non-hydrogen) atoms. The topological polar surface area (TPSA) is 79.6 Å². The SMILES string of the molecule is CC(C)(C)C(=O)ON1CCC(=CC(=O)OCCC#N)CC1. The van der Waals surface area contributed by atoms with E-state index >= 15 is 0 Å². The van der Waals surface area contributed by atoms with Gasteiger partial charge in [0.2, 0.25) is 0 Å². The molecule has 0 spiro atoms. The van der Waals surface area contributed by atoms with Crippen molar-refractivity contribution < 1.29 is 19.2 Å². The highest BCUT2D eigenvalue weighted by atomic mass is 16.7. The monoisotopic (exact) mass is 294 g/mol. The summed E-state index contributed by atoms with van der Waals surface area (Å²) in [6, 6.07) is 1.91. The molecule has 1 rings (SSSR count). The maximum atomic E-state index is 11.8. The van der Waals surface area contributed by atoms with Crippen molar-refractivity contribution in [3.8, 4) is 6.07 Å². The average molecular weight is 294 g/mol. The fraction of sp³-hybridized carbons (Fsp3) is 0.667. The first-order valence-electron chi connectivity index (χ1n) is 7.03. The Bertz CT molecular complexity index is 447. The number of piperidine rings is 1. The lowest BCUT2D eigenvalue weighted by molar-refractivity contribution is -0.202. The number of ether oxygens (including phenoxy) is 1. The molecule has 116 valence electrons. The predicted octanol–water partition coefficient (Wildman–Crippen LogP) is 1.97. The second-order valence-electron chi connectivity index (χ2n) is 5.94. The lowest BCUT2D eigenvalue weighted by atomic mass is 9.98. The highest BCUT2D eigenvalue weighted by molar-refractivity contribution is 5.82. The van der Waals surface area contributed by atoms with E-state index in [1.165, 1.54) is 6.08 Å². The van der Waals surface area contributed by atoms with Crippen LogP contribution in [0, 0.1) is 16.7 Å². The summed E-state index contributed by atoms with van der Waals surface area (Å²) < 4.78 is 4.88. The zero-order chi connectivity index (χ0) is 15.9. The molecule has 0 amide bonds. The summed E-state index contributed by atoms with van der Waals surface area (Å²) in [5.41, 5.74) is 0.445. The van der Waals surface area contributed by atoms with Crippen LogP contribution in [-0.2, 0) is 19.2 Å². The van der Waals surface area contributed by atoms with E-state index in [4.69, 9.17) is 14.8 Å². The minimum absolute atomic E-state index is 0.119. The van der Waals surface area contributed by atoms with Crippen molar-refractivity contribution >= 4 is 11.9 Å². The van der Waals surface area contributed by atoms with Crippen molar-refractivity contribution in [2.75, 3.05) is 19.7 Å². The van der Waals surface area contributed by atoms with Crippen molar-refractivity contribution in [1.82, 2.24) is 5.06 Å². The zero-order valence-corrected chi connectivity index (χ0v) is 12.8. The fourth-order valence-corrected chi connectivity index (χ4v) is 1.67. The number of carbonyl (C=O) groups is 2. The summed E-state index contributed by atoms with van der Waals surface area (Å²) in [6.07, 6.45) is 2.99. The second-order valence-corrected chi connectivity index (χ2v) is 5.94. The Labute approximate surface area is 125 Å². The van der Waals surface area contributed by atoms with Gasteiger partial charge >= 0.3 is 11.9 Å². The van der Waals surface area contributed by atoms with Gasteiger partial charge in [0.1, 0.15) is 6.61 Å². The van der Waals surface area contributed by atoms with Gasteiger partial charge in [-0.1, -0.05) is 5.57 Å². The summed E-state index contributed by atoms with van der Waals surface area (Å²) in [7, 11) is 0. The van der Waals surface area contributed by atoms with E-state index in [1.807, 2.05) is 26.8 Å². The van der Waals surface area contributed by atoms with Gasteiger partial charge in [0.25, 0.3) is 0 Å². The quantitative estimate of drug-likeness (QED) is 0.448. The van der Waals surface area contributed by atoms with Crippen molar-refractivity contribution in [3.05, 3.63) is 11.6 Å². The number of nitrogens with zero attached hydrogens (tertiary/aromatic N) is 2. The number of hydrogen-bond donors (Lipinski definition) is 0. The minimum Gasteiger partial charge on any atom is -0.461 e. The van der Waals surface area contributed by atoms with Gasteiger partial charge in [-0.05, 0) is 33.6 Å². The van der Waals surface area contributed by atoms with Crippen LogP contribution in [0.3, 0.4) is 0 Å². The lowest BCUT2D eigenvalue weighted by Gasteiger charge is -2.29. The first-order chi connectivity index (χ1) is 9.82. The third kappa shape index (κ3) is 6.41. The van der Waals surface area contributed by atoms with Gasteiger partial charge in [-0.3, -0.25) is 0 Å². The van der Waals surface area contributed by atoms with Gasteiger partial charge in [0.05, 0.1) is 17.9 Å². The Hall–Kier alpha value is -1.87. The fourth-order valence-electron chi connectivity index (χ4n) is 1.67. The lowest BCUT2D eigenvalue weighted by Crippen LogP contribution is -2.37. The van der Waals surface area contributed by atoms with Crippen LogP contribution in [0.25, 0.3) is 0 Å². The molecule has 1 fully saturated rings. The standard InChI is InChI=1S/C15H22N2O4/c1-15(2,3)14(19)21-17-8-5-12(6-9-17)11-13(18)20-10-4-7-16/h11H,4-6,8-10H2,1-3H3. The number of rotatable bonds is 4. The molecule has 1 aliphatic heterocycles. The molecule has 0 radical (unpaired) electrons. The van der Waals surface area contributed by atoms with Crippen LogP contribution in [0.5, 0.6) is 0 Å². The summed E-state index contributed by atoms with van der Waals surface area (Å²) in [5, 5.41) is 9.99. The van der Waals surface area contributed by atoms with Gasteiger partial charge in [0, 0.05) is 19.2 Å². The van der Waals surface area contributed by atoms with Crippen LogP contribution in [0.15, 0.2) is 11.6 Å². The third-order valence-corrected chi connectivity index (χ3v) is 2.97.